The number of aromatic nitrogens is 3. The summed E-state index contributed by atoms with van der Waals surface area (Å²) in [5.41, 5.74) is 16.7. The van der Waals surface area contributed by atoms with E-state index in [0.717, 1.165) is 33.5 Å². The highest BCUT2D eigenvalue weighted by Crippen LogP contribution is 2.45. The number of pyridine rings is 2. The van der Waals surface area contributed by atoms with Crippen molar-refractivity contribution in [3.63, 3.8) is 0 Å². The summed E-state index contributed by atoms with van der Waals surface area (Å²) in [6.45, 7) is 23.0. The lowest BCUT2D eigenvalue weighted by Crippen LogP contribution is -2.11. The summed E-state index contributed by atoms with van der Waals surface area (Å²) in [4.78, 5) is 13.7. The van der Waals surface area contributed by atoms with Crippen molar-refractivity contribution in [1.29, 1.82) is 0 Å². The van der Waals surface area contributed by atoms with Crippen LogP contribution in [0.2, 0.25) is 0 Å². The van der Waals surface area contributed by atoms with Crippen molar-refractivity contribution < 1.29 is 0 Å². The highest BCUT2D eigenvalue weighted by Gasteiger charge is 2.25. The fourth-order valence-electron chi connectivity index (χ4n) is 7.41. The Balaban J connectivity index is 1.62. The third-order valence-corrected chi connectivity index (χ3v) is 10.4. The van der Waals surface area contributed by atoms with Gasteiger partial charge in [-0.3, -0.25) is 9.97 Å². The van der Waals surface area contributed by atoms with Crippen LogP contribution in [0.3, 0.4) is 0 Å². The second-order valence-electron chi connectivity index (χ2n) is 16.9. The Bertz CT molecular complexity index is 2340. The van der Waals surface area contributed by atoms with Crippen LogP contribution in [0.5, 0.6) is 0 Å². The van der Waals surface area contributed by atoms with E-state index in [9.17, 15) is 0 Å². The van der Waals surface area contributed by atoms with Crippen molar-refractivity contribution in [2.24, 2.45) is 0 Å². The maximum atomic E-state index is 4.85. The third-order valence-electron chi connectivity index (χ3n) is 10.4. The molecule has 7 rings (SSSR count). The molecule has 0 saturated heterocycles. The van der Waals surface area contributed by atoms with Gasteiger partial charge < -0.3 is 4.98 Å². The van der Waals surface area contributed by atoms with Gasteiger partial charge in [-0.1, -0.05) is 99.6 Å². The smallest absolute Gasteiger partial charge is 0.0723 e. The molecule has 7 aromatic rings. The number of fused-ring (bicyclic) bond motifs is 3. The Kier molecular flexibility index (Phi) is 8.74. The summed E-state index contributed by atoms with van der Waals surface area (Å²) >= 11 is 0. The molecule has 0 bridgehead atoms. The Morgan fingerprint density at radius 2 is 0.980 bits per heavy atom. The van der Waals surface area contributed by atoms with Gasteiger partial charge in [0.25, 0.3) is 0 Å². The largest absolute Gasteiger partial charge is 0.353 e. The molecule has 51 heavy (non-hydrogen) atoms. The predicted octanol–water partition coefficient (Wildman–Crippen LogP) is 13.6. The molecule has 1 N–H and O–H groups in total. The normalized spacial score (nSPS) is 12.5. The molecule has 0 atom stereocenters. The maximum Gasteiger partial charge on any atom is 0.0723 e. The lowest BCUT2D eigenvalue weighted by Gasteiger charge is -2.23. The van der Waals surface area contributed by atoms with Crippen LogP contribution < -0.4 is 0 Å². The van der Waals surface area contributed by atoms with Crippen LogP contribution in [0, 0.1) is 0 Å². The molecule has 3 nitrogen and oxygen atoms in total. The molecule has 3 heteroatoms. The second-order valence-corrected chi connectivity index (χ2v) is 16.9. The Morgan fingerprint density at radius 3 is 1.49 bits per heavy atom. The van der Waals surface area contributed by atoms with Gasteiger partial charge in [0.2, 0.25) is 0 Å². The minimum absolute atomic E-state index is 0.0321. The minimum atomic E-state index is -0.0610. The number of nitrogens with one attached hydrogen (secondary N) is 1. The predicted molar refractivity (Wildman–Crippen MR) is 219 cm³/mol. The fourth-order valence-corrected chi connectivity index (χ4v) is 7.41. The van der Waals surface area contributed by atoms with E-state index in [1.807, 2.05) is 24.5 Å². The number of hydrogen-bond acceptors (Lipinski definition) is 2. The molecule has 0 amide bonds. The molecule has 0 aliphatic rings. The van der Waals surface area contributed by atoms with Crippen LogP contribution >= 0.6 is 0 Å². The summed E-state index contributed by atoms with van der Waals surface area (Å²) in [6.07, 6.45) is 3.78. The zero-order valence-corrected chi connectivity index (χ0v) is 31.9. The van der Waals surface area contributed by atoms with Gasteiger partial charge in [0.1, 0.15) is 0 Å². The molecule has 0 aliphatic heterocycles. The van der Waals surface area contributed by atoms with Crippen LogP contribution in [-0.2, 0) is 10.8 Å². The molecule has 4 aromatic carbocycles. The number of nitrogens with zero attached hydrogens (tertiary/aromatic N) is 2. The number of rotatable bonds is 6. The van der Waals surface area contributed by atoms with E-state index < -0.39 is 0 Å². The average Bonchev–Trinajstić information content (AvgIpc) is 3.49. The first kappa shape index (κ1) is 34.4. The quantitative estimate of drug-likeness (QED) is 0.191. The topological polar surface area (TPSA) is 41.6 Å². The number of aromatic amines is 1. The van der Waals surface area contributed by atoms with Crippen molar-refractivity contribution in [2.45, 2.75) is 91.9 Å². The van der Waals surface area contributed by atoms with Gasteiger partial charge in [-0.15, -0.1) is 0 Å². The summed E-state index contributed by atoms with van der Waals surface area (Å²) in [5, 5.41) is 2.48. The molecule has 0 fully saturated rings. The minimum Gasteiger partial charge on any atom is -0.353 e. The van der Waals surface area contributed by atoms with E-state index in [0.29, 0.717) is 11.8 Å². The molecular formula is C48H51N3. The summed E-state index contributed by atoms with van der Waals surface area (Å²) < 4.78 is 0. The molecule has 3 heterocycles. The second kappa shape index (κ2) is 12.9. The van der Waals surface area contributed by atoms with E-state index in [-0.39, 0.29) is 10.8 Å². The van der Waals surface area contributed by atoms with Gasteiger partial charge in [0.15, 0.2) is 0 Å². The van der Waals surface area contributed by atoms with Crippen LogP contribution in [0.4, 0.5) is 0 Å². The Hall–Kier alpha value is -5.02. The first-order chi connectivity index (χ1) is 24.2. The van der Waals surface area contributed by atoms with Gasteiger partial charge in [0.05, 0.1) is 22.4 Å². The first-order valence-corrected chi connectivity index (χ1v) is 18.5. The van der Waals surface area contributed by atoms with Crippen LogP contribution in [-0.4, -0.2) is 15.0 Å². The molecule has 0 radical (unpaired) electrons. The zero-order chi connectivity index (χ0) is 36.2. The number of H-pyrrole nitrogens is 1. The summed E-state index contributed by atoms with van der Waals surface area (Å²) in [5.74, 6) is 0.764. The van der Waals surface area contributed by atoms with Crippen molar-refractivity contribution >= 4 is 21.8 Å². The molecule has 0 aliphatic carbocycles. The standard InChI is InChI=1S/C48H51N3/c1-29(2)36-16-15-17-37(30(3)4)44(36)33-23-31(22-32(24-33)42-18-11-13-20-49-42)38-25-34(47(5,6)7)26-39-40-27-35(48(8,9)10)28-41(46(40)51-45(38)39)43-19-12-14-21-50-43/h11-30,51H,1-10H3. The van der Waals surface area contributed by atoms with Crippen LogP contribution in [0.15, 0.2) is 109 Å². The number of hydrogen-bond donors (Lipinski definition) is 1. The lowest BCUT2D eigenvalue weighted by atomic mass is 9.81. The van der Waals surface area contributed by atoms with Crippen molar-refractivity contribution in [3.8, 4) is 44.8 Å². The average molecular weight is 670 g/mol. The molecule has 258 valence electrons. The van der Waals surface area contributed by atoms with Crippen molar-refractivity contribution in [2.75, 3.05) is 0 Å². The van der Waals surface area contributed by atoms with E-state index in [2.05, 4.69) is 159 Å². The van der Waals surface area contributed by atoms with Crippen molar-refractivity contribution in [1.82, 2.24) is 15.0 Å². The van der Waals surface area contributed by atoms with Crippen molar-refractivity contribution in [3.05, 3.63) is 132 Å². The SMILES string of the molecule is CC(C)c1cccc(C(C)C)c1-c1cc(-c2ccccn2)cc(-c2cc(C(C)(C)C)cc3c2[nH]c2c(-c4ccccn4)cc(C(C)(C)C)cc23)c1. The van der Waals surface area contributed by atoms with Gasteiger partial charge in [0, 0.05) is 39.9 Å². The Labute approximate surface area is 304 Å². The maximum absolute atomic E-state index is 4.85. The zero-order valence-electron chi connectivity index (χ0n) is 31.9. The van der Waals surface area contributed by atoms with Gasteiger partial charge in [-0.25, -0.2) is 0 Å². The van der Waals surface area contributed by atoms with E-state index in [1.54, 1.807) is 0 Å². The summed E-state index contributed by atoms with van der Waals surface area (Å²) in [6, 6.07) is 35.9. The first-order valence-electron chi connectivity index (χ1n) is 18.5. The van der Waals surface area contributed by atoms with E-state index in [4.69, 9.17) is 9.97 Å². The third kappa shape index (κ3) is 6.51. The molecule has 3 aromatic heterocycles. The monoisotopic (exact) mass is 669 g/mol. The molecule has 0 unspecified atom stereocenters. The summed E-state index contributed by atoms with van der Waals surface area (Å²) in [7, 11) is 0. The Morgan fingerprint density at radius 1 is 0.490 bits per heavy atom. The number of benzene rings is 4. The van der Waals surface area contributed by atoms with Gasteiger partial charge in [-0.2, -0.15) is 0 Å². The highest BCUT2D eigenvalue weighted by atomic mass is 14.7. The van der Waals surface area contributed by atoms with E-state index >= 15 is 0 Å². The van der Waals surface area contributed by atoms with Crippen LogP contribution in [0.25, 0.3) is 66.6 Å². The lowest BCUT2D eigenvalue weighted by molar-refractivity contribution is 0.590. The highest BCUT2D eigenvalue weighted by molar-refractivity contribution is 6.16. The fraction of sp³-hybridized carbons (Fsp3) is 0.292. The molecular weight excluding hydrogens is 619 g/mol. The molecule has 0 spiro atoms. The van der Waals surface area contributed by atoms with E-state index in [1.165, 1.54) is 55.3 Å². The van der Waals surface area contributed by atoms with Gasteiger partial charge in [-0.05, 0) is 128 Å². The molecule has 0 saturated carbocycles. The van der Waals surface area contributed by atoms with Gasteiger partial charge >= 0.3 is 0 Å². The van der Waals surface area contributed by atoms with Crippen LogP contribution in [0.1, 0.15) is 103 Å².